The first-order chi connectivity index (χ1) is 19.3. The number of hydrogen-bond acceptors (Lipinski definition) is 7. The number of hydrazine groups is 1. The van der Waals surface area contributed by atoms with Crippen LogP contribution in [0.15, 0.2) is 60.7 Å². The summed E-state index contributed by atoms with van der Waals surface area (Å²) in [5.74, 6) is -2.15. The molecule has 0 saturated carbocycles. The van der Waals surface area contributed by atoms with Gasteiger partial charge in [-0.1, -0.05) is 60.7 Å². The summed E-state index contributed by atoms with van der Waals surface area (Å²) in [4.78, 5) is 53.0. The summed E-state index contributed by atoms with van der Waals surface area (Å²) in [5.41, 5.74) is 7.53. The predicted molar refractivity (Wildman–Crippen MR) is 152 cm³/mol. The van der Waals surface area contributed by atoms with E-state index in [-0.39, 0.29) is 5.91 Å². The van der Waals surface area contributed by atoms with E-state index in [9.17, 15) is 19.2 Å². The zero-order valence-corrected chi connectivity index (χ0v) is 23.1. The molecule has 3 amide bonds. The topological polar surface area (TPSA) is 137 Å². The first-order valence-corrected chi connectivity index (χ1v) is 14.0. The summed E-state index contributed by atoms with van der Waals surface area (Å²) in [5, 5.41) is 11.9. The number of carbonyl (C=O) groups excluding carboxylic acids is 4. The van der Waals surface area contributed by atoms with Gasteiger partial charge in [-0.15, -0.1) is 0 Å². The Labute approximate surface area is 235 Å². The number of carbonyl (C=O) groups is 4. The van der Waals surface area contributed by atoms with Crippen molar-refractivity contribution >= 4 is 23.5 Å². The Bertz CT molecular complexity index is 1180. The lowest BCUT2D eigenvalue weighted by Gasteiger charge is -2.44. The second-order valence-electron chi connectivity index (χ2n) is 10.6. The molecule has 2 aromatic rings. The molecular weight excluding hydrogens is 508 g/mol. The third kappa shape index (κ3) is 7.12. The molecule has 0 bridgehead atoms. The molecule has 4 rings (SSSR count). The summed E-state index contributed by atoms with van der Waals surface area (Å²) in [6, 6.07) is 17.5. The number of rotatable bonds is 13. The number of nitrogens with one attached hydrogen (secondary N) is 3. The summed E-state index contributed by atoms with van der Waals surface area (Å²) in [7, 11) is 1.80. The molecule has 2 heterocycles. The van der Waals surface area contributed by atoms with Crippen molar-refractivity contribution in [2.45, 2.75) is 56.1 Å². The third-order valence-electron chi connectivity index (χ3n) is 7.69. The molecule has 10 heteroatoms. The highest BCUT2D eigenvalue weighted by molar-refractivity contribution is 6.38. The quantitative estimate of drug-likeness (QED) is 0.212. The van der Waals surface area contributed by atoms with Crippen molar-refractivity contribution in [3.05, 3.63) is 71.8 Å². The van der Waals surface area contributed by atoms with Gasteiger partial charge in [0.25, 0.3) is 11.8 Å². The van der Waals surface area contributed by atoms with Crippen molar-refractivity contribution < 1.29 is 19.2 Å². The zero-order valence-electron chi connectivity index (χ0n) is 23.1. The Kier molecular flexibility index (Phi) is 10.0. The number of ketones is 1. The maximum Gasteiger partial charge on any atom is 0.289 e. The third-order valence-corrected chi connectivity index (χ3v) is 7.69. The largest absolute Gasteiger partial charge is 0.349 e. The van der Waals surface area contributed by atoms with Crippen LogP contribution in [0.25, 0.3) is 0 Å². The maximum absolute atomic E-state index is 13.7. The van der Waals surface area contributed by atoms with Crippen molar-refractivity contribution in [2.24, 2.45) is 5.73 Å². The molecule has 1 unspecified atom stereocenters. The highest BCUT2D eigenvalue weighted by atomic mass is 16.2. The molecule has 0 spiro atoms. The minimum atomic E-state index is -1.12. The van der Waals surface area contributed by atoms with Crippen LogP contribution < -0.4 is 21.7 Å². The fourth-order valence-electron chi connectivity index (χ4n) is 5.45. The average molecular weight is 549 g/mol. The fourth-order valence-corrected chi connectivity index (χ4v) is 5.45. The normalized spacial score (nSPS) is 21.5. The van der Waals surface area contributed by atoms with Gasteiger partial charge in [-0.05, 0) is 63.2 Å². The molecule has 2 saturated heterocycles. The highest BCUT2D eigenvalue weighted by Gasteiger charge is 2.51. The SMILES string of the molecule is CNCCCC(NC(=O)[C@@H]1CCN2CC[C@@](N)(Cc3ccccc3)C(=O)N12)C(=O)C(=O)NCCc1ccccc1. The van der Waals surface area contributed by atoms with E-state index in [1.54, 1.807) is 7.05 Å². The summed E-state index contributed by atoms with van der Waals surface area (Å²) < 4.78 is 0. The summed E-state index contributed by atoms with van der Waals surface area (Å²) >= 11 is 0. The van der Waals surface area contributed by atoms with Crippen LogP contribution in [0.1, 0.15) is 36.8 Å². The van der Waals surface area contributed by atoms with Gasteiger partial charge in [-0.3, -0.25) is 24.2 Å². The Balaban J connectivity index is 1.40. The molecule has 3 atom stereocenters. The molecule has 0 radical (unpaired) electrons. The van der Waals surface area contributed by atoms with Crippen molar-refractivity contribution in [3.63, 3.8) is 0 Å². The molecule has 214 valence electrons. The first-order valence-electron chi connectivity index (χ1n) is 14.0. The minimum absolute atomic E-state index is 0.294. The van der Waals surface area contributed by atoms with Crippen LogP contribution in [0.2, 0.25) is 0 Å². The standard InChI is InChI=1S/C30H40N6O4/c1-32-17-8-13-24(26(37)28(39)33-18-14-22-9-4-2-5-10-22)34-27(38)25-15-19-35-20-16-30(31,29(40)36(25)35)21-23-11-6-3-7-12-23/h2-7,9-12,24-25,32H,8,13-21,31H2,1H3,(H,33,39)(H,34,38)/t24?,25-,30+/m0/s1. The fraction of sp³-hybridized carbons (Fsp3) is 0.467. The van der Waals surface area contributed by atoms with Gasteiger partial charge in [0, 0.05) is 19.6 Å². The van der Waals surface area contributed by atoms with Gasteiger partial charge in [0.1, 0.15) is 11.6 Å². The van der Waals surface area contributed by atoms with Crippen LogP contribution in [-0.4, -0.2) is 84.4 Å². The van der Waals surface area contributed by atoms with Gasteiger partial charge in [0.2, 0.25) is 11.7 Å². The lowest BCUT2D eigenvalue weighted by Crippen LogP contribution is -2.67. The number of fused-ring (bicyclic) bond motifs is 1. The van der Waals surface area contributed by atoms with Crippen LogP contribution in [0, 0.1) is 0 Å². The summed E-state index contributed by atoms with van der Waals surface area (Å²) in [6.07, 6.45) is 2.78. The molecule has 2 aromatic carbocycles. The van der Waals surface area contributed by atoms with E-state index in [4.69, 9.17) is 5.73 Å². The molecule has 0 aliphatic carbocycles. The molecule has 2 fully saturated rings. The number of nitrogens with two attached hydrogens (primary N) is 1. The van der Waals surface area contributed by atoms with Crippen molar-refractivity contribution in [2.75, 3.05) is 33.2 Å². The van der Waals surface area contributed by atoms with Gasteiger partial charge in [-0.25, -0.2) is 5.01 Å². The van der Waals surface area contributed by atoms with E-state index >= 15 is 0 Å². The molecule has 2 aliphatic heterocycles. The maximum atomic E-state index is 13.7. The van der Waals surface area contributed by atoms with E-state index < -0.39 is 35.2 Å². The Morgan fingerprint density at radius 1 is 1.00 bits per heavy atom. The molecular formula is C30H40N6O4. The lowest BCUT2D eigenvalue weighted by atomic mass is 9.85. The number of benzene rings is 2. The number of nitrogens with zero attached hydrogens (tertiary/aromatic N) is 2. The van der Waals surface area contributed by atoms with E-state index in [0.717, 1.165) is 11.1 Å². The van der Waals surface area contributed by atoms with Gasteiger partial charge in [0.15, 0.2) is 0 Å². The number of Topliss-reactive ketones (excluding diaryl/α,β-unsaturated/α-hetero) is 1. The second kappa shape index (κ2) is 13.6. The summed E-state index contributed by atoms with van der Waals surface area (Å²) in [6.45, 7) is 2.05. The minimum Gasteiger partial charge on any atom is -0.349 e. The van der Waals surface area contributed by atoms with Gasteiger partial charge in [0.05, 0.1) is 6.04 Å². The van der Waals surface area contributed by atoms with Gasteiger partial charge < -0.3 is 21.7 Å². The lowest BCUT2D eigenvalue weighted by molar-refractivity contribution is -0.165. The van der Waals surface area contributed by atoms with E-state index in [1.165, 1.54) is 5.01 Å². The molecule has 2 aliphatic rings. The van der Waals surface area contributed by atoms with E-state index in [2.05, 4.69) is 16.0 Å². The van der Waals surface area contributed by atoms with Crippen LogP contribution in [-0.2, 0) is 32.0 Å². The zero-order chi connectivity index (χ0) is 28.5. The second-order valence-corrected chi connectivity index (χ2v) is 10.6. The highest BCUT2D eigenvalue weighted by Crippen LogP contribution is 2.31. The Hall–Kier alpha value is -3.60. The van der Waals surface area contributed by atoms with Crippen molar-refractivity contribution in [3.8, 4) is 0 Å². The van der Waals surface area contributed by atoms with Gasteiger partial charge in [-0.2, -0.15) is 0 Å². The molecule has 10 nitrogen and oxygen atoms in total. The Morgan fingerprint density at radius 3 is 2.35 bits per heavy atom. The van der Waals surface area contributed by atoms with E-state index in [0.29, 0.717) is 64.7 Å². The smallest absolute Gasteiger partial charge is 0.289 e. The van der Waals surface area contributed by atoms with Crippen LogP contribution in [0.3, 0.4) is 0 Å². The Morgan fingerprint density at radius 2 is 1.68 bits per heavy atom. The van der Waals surface area contributed by atoms with Gasteiger partial charge >= 0.3 is 0 Å². The average Bonchev–Trinajstić information content (AvgIpc) is 3.40. The predicted octanol–water partition coefficient (Wildman–Crippen LogP) is 0.561. The molecule has 40 heavy (non-hydrogen) atoms. The van der Waals surface area contributed by atoms with Crippen molar-refractivity contribution in [1.29, 1.82) is 0 Å². The van der Waals surface area contributed by atoms with Crippen LogP contribution in [0.5, 0.6) is 0 Å². The van der Waals surface area contributed by atoms with E-state index in [1.807, 2.05) is 65.7 Å². The molecule has 5 N–H and O–H groups in total. The van der Waals surface area contributed by atoms with Crippen molar-refractivity contribution in [1.82, 2.24) is 26.0 Å². The number of hydrogen-bond donors (Lipinski definition) is 4. The molecule has 0 aromatic heterocycles. The first kappa shape index (κ1) is 29.4. The monoisotopic (exact) mass is 548 g/mol. The van der Waals surface area contributed by atoms with Crippen LogP contribution >= 0.6 is 0 Å². The van der Waals surface area contributed by atoms with Crippen LogP contribution in [0.4, 0.5) is 0 Å². The number of amides is 3.